The third-order valence-corrected chi connectivity index (χ3v) is 1.21. The molecule has 11 heavy (non-hydrogen) atoms. The van der Waals surface area contributed by atoms with E-state index in [9.17, 15) is 4.79 Å². The summed E-state index contributed by atoms with van der Waals surface area (Å²) in [6, 6.07) is 0. The zero-order valence-electron chi connectivity index (χ0n) is 6.83. The molecular weight excluding hydrogens is 144 g/mol. The fourth-order valence-corrected chi connectivity index (χ4v) is 0.832. The number of amides is 1. The average Bonchev–Trinajstić information content (AvgIpc) is 2.09. The maximum atomic E-state index is 10.6. The Balaban J connectivity index is 2.85. The van der Waals surface area contributed by atoms with E-state index in [2.05, 4.69) is 10.5 Å². The number of aryl methyl sites for hydroxylation is 2. The second-order valence-corrected chi connectivity index (χ2v) is 2.37. The lowest BCUT2D eigenvalue weighted by Crippen LogP contribution is -2.29. The van der Waals surface area contributed by atoms with Gasteiger partial charge in [-0.1, -0.05) is 0 Å². The molecule has 0 aromatic carbocycles. The van der Waals surface area contributed by atoms with E-state index in [-0.39, 0.29) is 5.91 Å². The monoisotopic (exact) mass is 155 g/mol. The van der Waals surface area contributed by atoms with Crippen molar-refractivity contribution in [1.82, 2.24) is 9.77 Å². The Morgan fingerprint density at radius 3 is 2.82 bits per heavy atom. The van der Waals surface area contributed by atoms with Crippen LogP contribution in [0.2, 0.25) is 0 Å². The first kappa shape index (κ1) is 7.71. The van der Waals surface area contributed by atoms with Crippen LogP contribution in [0.5, 0.6) is 0 Å². The van der Waals surface area contributed by atoms with E-state index in [0.717, 1.165) is 5.82 Å². The van der Waals surface area contributed by atoms with Gasteiger partial charge < -0.3 is 0 Å². The Kier molecular flexibility index (Phi) is 1.89. The number of hydrogen-bond acceptors (Lipinski definition) is 2. The van der Waals surface area contributed by atoms with Gasteiger partial charge in [-0.05, 0) is 5.10 Å². The standard InChI is InChI=1S/C6H10N4O/c1-5-7-9(3)4-10(5)8-6(2)11/h4H,1-3H3/p+1. The molecule has 5 heteroatoms. The van der Waals surface area contributed by atoms with Crippen molar-refractivity contribution in [2.24, 2.45) is 7.05 Å². The minimum atomic E-state index is -0.105. The van der Waals surface area contributed by atoms with Gasteiger partial charge in [0.25, 0.3) is 18.1 Å². The third-order valence-electron chi connectivity index (χ3n) is 1.21. The molecule has 0 bridgehead atoms. The van der Waals surface area contributed by atoms with Gasteiger partial charge in [-0.2, -0.15) is 5.43 Å². The lowest BCUT2D eigenvalue weighted by atomic mass is 10.7. The van der Waals surface area contributed by atoms with Crippen molar-refractivity contribution in [3.63, 3.8) is 0 Å². The Bertz CT molecular complexity index is 278. The van der Waals surface area contributed by atoms with Crippen molar-refractivity contribution < 1.29 is 9.48 Å². The van der Waals surface area contributed by atoms with Crippen LogP contribution in [-0.2, 0) is 11.8 Å². The van der Waals surface area contributed by atoms with Gasteiger partial charge in [-0.25, -0.2) is 0 Å². The molecule has 0 radical (unpaired) electrons. The van der Waals surface area contributed by atoms with E-state index in [1.54, 1.807) is 22.7 Å². The maximum absolute atomic E-state index is 10.6. The van der Waals surface area contributed by atoms with Crippen LogP contribution in [0.3, 0.4) is 0 Å². The summed E-state index contributed by atoms with van der Waals surface area (Å²) in [4.78, 5) is 10.6. The predicted molar refractivity (Wildman–Crippen MR) is 38.2 cm³/mol. The summed E-state index contributed by atoms with van der Waals surface area (Å²) in [5.41, 5.74) is 2.59. The van der Waals surface area contributed by atoms with E-state index >= 15 is 0 Å². The molecule has 0 unspecified atom stereocenters. The van der Waals surface area contributed by atoms with E-state index in [1.807, 2.05) is 6.92 Å². The van der Waals surface area contributed by atoms with Gasteiger partial charge in [-0.15, -0.1) is 9.36 Å². The van der Waals surface area contributed by atoms with Crippen molar-refractivity contribution in [1.29, 1.82) is 0 Å². The highest BCUT2D eigenvalue weighted by molar-refractivity contribution is 5.80. The molecule has 60 valence electrons. The average molecular weight is 155 g/mol. The number of aromatic nitrogens is 3. The fraction of sp³-hybridized carbons (Fsp3) is 0.500. The minimum Gasteiger partial charge on any atom is -0.272 e. The number of rotatable bonds is 1. The highest BCUT2D eigenvalue weighted by Gasteiger charge is 2.08. The highest BCUT2D eigenvalue weighted by atomic mass is 16.2. The van der Waals surface area contributed by atoms with Gasteiger partial charge in [0, 0.05) is 13.8 Å². The lowest BCUT2D eigenvalue weighted by molar-refractivity contribution is -0.728. The normalized spacial score (nSPS) is 9.73. The van der Waals surface area contributed by atoms with Crippen LogP contribution in [0.25, 0.3) is 0 Å². The second kappa shape index (κ2) is 2.69. The maximum Gasteiger partial charge on any atom is 0.289 e. The minimum absolute atomic E-state index is 0.105. The molecule has 1 rings (SSSR count). The molecule has 0 saturated carbocycles. The SMILES string of the molecule is CC(=O)Nn1c[n+](C)nc1C. The zero-order valence-corrected chi connectivity index (χ0v) is 6.83. The van der Waals surface area contributed by atoms with Crippen molar-refractivity contribution in [2.45, 2.75) is 13.8 Å². The Morgan fingerprint density at radius 2 is 2.45 bits per heavy atom. The molecule has 0 saturated heterocycles. The van der Waals surface area contributed by atoms with Crippen LogP contribution in [0.15, 0.2) is 6.33 Å². The Labute approximate surface area is 64.6 Å². The first-order chi connectivity index (χ1) is 5.09. The van der Waals surface area contributed by atoms with Crippen LogP contribution < -0.4 is 10.1 Å². The smallest absolute Gasteiger partial charge is 0.272 e. The van der Waals surface area contributed by atoms with Crippen molar-refractivity contribution in [3.05, 3.63) is 12.2 Å². The zero-order chi connectivity index (χ0) is 8.43. The van der Waals surface area contributed by atoms with Crippen LogP contribution in [-0.4, -0.2) is 15.7 Å². The van der Waals surface area contributed by atoms with Crippen LogP contribution in [0.1, 0.15) is 12.7 Å². The predicted octanol–water partition coefficient (Wildman–Crippen LogP) is -0.894. The van der Waals surface area contributed by atoms with Crippen molar-refractivity contribution >= 4 is 5.91 Å². The number of nitrogens with one attached hydrogen (secondary N) is 1. The molecule has 0 aliphatic carbocycles. The molecule has 1 N–H and O–H groups in total. The third kappa shape index (κ3) is 1.76. The largest absolute Gasteiger partial charge is 0.289 e. The highest BCUT2D eigenvalue weighted by Crippen LogP contribution is 1.84. The van der Waals surface area contributed by atoms with Crippen LogP contribution in [0, 0.1) is 6.92 Å². The summed E-state index contributed by atoms with van der Waals surface area (Å²) in [7, 11) is 1.80. The van der Waals surface area contributed by atoms with Gasteiger partial charge in [-0.3, -0.25) is 4.79 Å². The molecule has 0 atom stereocenters. The second-order valence-electron chi connectivity index (χ2n) is 2.37. The molecule has 1 aromatic heterocycles. The van der Waals surface area contributed by atoms with Crippen molar-refractivity contribution in [3.8, 4) is 0 Å². The Hall–Kier alpha value is -1.39. The number of carbonyl (C=O) groups excluding carboxylic acids is 1. The topological polar surface area (TPSA) is 50.8 Å². The van der Waals surface area contributed by atoms with Crippen molar-refractivity contribution in [2.75, 3.05) is 5.43 Å². The van der Waals surface area contributed by atoms with Crippen LogP contribution in [0.4, 0.5) is 0 Å². The molecule has 1 amide bonds. The van der Waals surface area contributed by atoms with Gasteiger partial charge in [0.1, 0.15) is 7.05 Å². The summed E-state index contributed by atoms with van der Waals surface area (Å²) in [6.45, 7) is 3.27. The lowest BCUT2D eigenvalue weighted by Gasteiger charge is -1.92. The van der Waals surface area contributed by atoms with Crippen LogP contribution >= 0.6 is 0 Å². The summed E-state index contributed by atoms with van der Waals surface area (Å²) in [5.74, 6) is 0.647. The molecule has 1 heterocycles. The summed E-state index contributed by atoms with van der Waals surface area (Å²) in [6.07, 6.45) is 1.69. The van der Waals surface area contributed by atoms with E-state index in [0.29, 0.717) is 0 Å². The molecule has 0 aliphatic heterocycles. The first-order valence-corrected chi connectivity index (χ1v) is 3.29. The van der Waals surface area contributed by atoms with E-state index in [4.69, 9.17) is 0 Å². The molecule has 0 aliphatic rings. The Morgan fingerprint density at radius 1 is 1.82 bits per heavy atom. The molecule has 0 fully saturated rings. The van der Waals surface area contributed by atoms with E-state index in [1.165, 1.54) is 6.92 Å². The molecular formula is C6H11N4O+. The van der Waals surface area contributed by atoms with Gasteiger partial charge in [0.2, 0.25) is 0 Å². The summed E-state index contributed by atoms with van der Waals surface area (Å²) >= 11 is 0. The molecule has 1 aromatic rings. The molecule has 0 spiro atoms. The number of carbonyl (C=O) groups is 1. The molecule has 5 nitrogen and oxygen atoms in total. The van der Waals surface area contributed by atoms with Gasteiger partial charge in [0.15, 0.2) is 0 Å². The van der Waals surface area contributed by atoms with Gasteiger partial charge in [0.05, 0.1) is 0 Å². The number of nitrogens with zero attached hydrogens (tertiary/aromatic N) is 3. The summed E-state index contributed by atoms with van der Waals surface area (Å²) < 4.78 is 3.20. The number of hydrogen-bond donors (Lipinski definition) is 1. The fourth-order valence-electron chi connectivity index (χ4n) is 0.832. The summed E-state index contributed by atoms with van der Waals surface area (Å²) in [5, 5.41) is 4.03. The van der Waals surface area contributed by atoms with E-state index < -0.39 is 0 Å². The first-order valence-electron chi connectivity index (χ1n) is 3.29. The quantitative estimate of drug-likeness (QED) is 0.535. The van der Waals surface area contributed by atoms with Gasteiger partial charge >= 0.3 is 0 Å².